The Hall–Kier alpha value is -1.13. The van der Waals surface area contributed by atoms with Gasteiger partial charge in [0, 0.05) is 43.8 Å². The van der Waals surface area contributed by atoms with Crippen LogP contribution in [0.25, 0.3) is 0 Å². The summed E-state index contributed by atoms with van der Waals surface area (Å²) in [7, 11) is 4.18. The van der Waals surface area contributed by atoms with Crippen LogP contribution in [0.15, 0.2) is 12.1 Å². The van der Waals surface area contributed by atoms with E-state index in [0.717, 1.165) is 38.5 Å². The van der Waals surface area contributed by atoms with E-state index in [9.17, 15) is 0 Å². The van der Waals surface area contributed by atoms with Crippen LogP contribution in [0.4, 0.5) is 5.82 Å². The van der Waals surface area contributed by atoms with E-state index in [-0.39, 0.29) is 5.41 Å². The van der Waals surface area contributed by atoms with E-state index >= 15 is 0 Å². The van der Waals surface area contributed by atoms with Crippen LogP contribution in [0.5, 0.6) is 0 Å². The molecule has 1 aromatic heterocycles. The molecule has 1 fully saturated rings. The number of pyridine rings is 1. The molecule has 1 saturated heterocycles. The molecular formula is C16H28N4. The van der Waals surface area contributed by atoms with Crippen molar-refractivity contribution in [3.05, 3.63) is 23.4 Å². The van der Waals surface area contributed by atoms with E-state index < -0.39 is 0 Å². The number of hydrogen-bond donors (Lipinski definition) is 1. The number of nitrogens with one attached hydrogen (secondary N) is 1. The molecular weight excluding hydrogens is 248 g/mol. The third kappa shape index (κ3) is 3.70. The van der Waals surface area contributed by atoms with Crippen molar-refractivity contribution in [2.45, 2.75) is 32.7 Å². The van der Waals surface area contributed by atoms with Gasteiger partial charge in [0.25, 0.3) is 0 Å². The fourth-order valence-electron chi connectivity index (χ4n) is 2.46. The first-order chi connectivity index (χ1) is 9.40. The molecule has 112 valence electrons. The van der Waals surface area contributed by atoms with Crippen molar-refractivity contribution < 1.29 is 0 Å². The fourth-order valence-corrected chi connectivity index (χ4v) is 2.46. The summed E-state index contributed by atoms with van der Waals surface area (Å²) in [6.07, 6.45) is 0. The summed E-state index contributed by atoms with van der Waals surface area (Å²) in [6.45, 7) is 11.9. The highest BCUT2D eigenvalue weighted by Crippen LogP contribution is 2.25. The van der Waals surface area contributed by atoms with Crippen LogP contribution in [0.3, 0.4) is 0 Å². The van der Waals surface area contributed by atoms with Gasteiger partial charge in [0.2, 0.25) is 0 Å². The molecule has 2 rings (SSSR count). The average molecular weight is 276 g/mol. The van der Waals surface area contributed by atoms with Crippen molar-refractivity contribution in [3.8, 4) is 0 Å². The van der Waals surface area contributed by atoms with Gasteiger partial charge < -0.3 is 15.1 Å². The summed E-state index contributed by atoms with van der Waals surface area (Å²) in [5.74, 6) is 1.13. The lowest BCUT2D eigenvalue weighted by molar-refractivity contribution is 0.312. The van der Waals surface area contributed by atoms with Crippen molar-refractivity contribution in [1.29, 1.82) is 0 Å². The van der Waals surface area contributed by atoms with Gasteiger partial charge in [-0.3, -0.25) is 0 Å². The van der Waals surface area contributed by atoms with E-state index in [4.69, 9.17) is 4.98 Å². The summed E-state index contributed by atoms with van der Waals surface area (Å²) in [5, 5.41) is 3.25. The summed E-state index contributed by atoms with van der Waals surface area (Å²) in [5.41, 5.74) is 2.59. The Bertz CT molecular complexity index is 442. The zero-order valence-corrected chi connectivity index (χ0v) is 13.5. The number of anilines is 1. The number of piperazine rings is 1. The Balaban J connectivity index is 2.29. The fraction of sp³-hybridized carbons (Fsp3) is 0.688. The van der Waals surface area contributed by atoms with Gasteiger partial charge in [0.1, 0.15) is 5.82 Å². The third-order valence-electron chi connectivity index (χ3n) is 3.85. The first-order valence-corrected chi connectivity index (χ1v) is 7.49. The van der Waals surface area contributed by atoms with E-state index in [1.54, 1.807) is 0 Å². The van der Waals surface area contributed by atoms with E-state index in [2.05, 4.69) is 55.1 Å². The summed E-state index contributed by atoms with van der Waals surface area (Å²) >= 11 is 0. The topological polar surface area (TPSA) is 31.4 Å². The molecule has 2 heterocycles. The summed E-state index contributed by atoms with van der Waals surface area (Å²) < 4.78 is 0. The van der Waals surface area contributed by atoms with Gasteiger partial charge >= 0.3 is 0 Å². The Morgan fingerprint density at radius 2 is 1.80 bits per heavy atom. The van der Waals surface area contributed by atoms with E-state index in [1.165, 1.54) is 11.3 Å². The second-order valence-corrected chi connectivity index (χ2v) is 6.79. The minimum atomic E-state index is 0.0884. The highest BCUT2D eigenvalue weighted by atomic mass is 15.3. The Kier molecular flexibility index (Phi) is 4.66. The largest absolute Gasteiger partial charge is 0.354 e. The standard InChI is InChI=1S/C16H28N4/c1-16(2,3)14-10-13(12-17-4)11-15(18-14)20-8-6-19(5)7-9-20/h10-11,17H,6-9,12H2,1-5H3. The van der Waals surface area contributed by atoms with Gasteiger partial charge in [0.15, 0.2) is 0 Å². The predicted molar refractivity (Wildman–Crippen MR) is 85.4 cm³/mol. The Morgan fingerprint density at radius 3 is 2.35 bits per heavy atom. The molecule has 1 aliphatic rings. The number of nitrogens with zero attached hydrogens (tertiary/aromatic N) is 3. The third-order valence-corrected chi connectivity index (χ3v) is 3.85. The van der Waals surface area contributed by atoms with Gasteiger partial charge in [-0.1, -0.05) is 20.8 Å². The quantitative estimate of drug-likeness (QED) is 0.913. The SMILES string of the molecule is CNCc1cc(N2CCN(C)CC2)nc(C(C)(C)C)c1. The van der Waals surface area contributed by atoms with Crippen LogP contribution in [-0.2, 0) is 12.0 Å². The van der Waals surface area contributed by atoms with E-state index in [1.807, 2.05) is 7.05 Å². The van der Waals surface area contributed by atoms with E-state index in [0.29, 0.717) is 0 Å². The highest BCUT2D eigenvalue weighted by molar-refractivity contribution is 5.44. The van der Waals surface area contributed by atoms with Crippen LogP contribution >= 0.6 is 0 Å². The molecule has 20 heavy (non-hydrogen) atoms. The molecule has 1 N–H and O–H groups in total. The van der Waals surface area contributed by atoms with Crippen LogP contribution in [-0.4, -0.2) is 50.2 Å². The lowest BCUT2D eigenvalue weighted by Gasteiger charge is -2.34. The smallest absolute Gasteiger partial charge is 0.129 e. The molecule has 0 aliphatic carbocycles. The molecule has 1 aromatic rings. The first-order valence-electron chi connectivity index (χ1n) is 7.49. The maximum Gasteiger partial charge on any atom is 0.129 e. The lowest BCUT2D eigenvalue weighted by atomic mass is 9.90. The monoisotopic (exact) mass is 276 g/mol. The van der Waals surface area contributed by atoms with Gasteiger partial charge in [-0.2, -0.15) is 0 Å². The highest BCUT2D eigenvalue weighted by Gasteiger charge is 2.20. The van der Waals surface area contributed by atoms with Gasteiger partial charge in [-0.05, 0) is 31.8 Å². The minimum absolute atomic E-state index is 0.0884. The second kappa shape index (κ2) is 6.10. The Morgan fingerprint density at radius 1 is 1.15 bits per heavy atom. The summed E-state index contributed by atoms with van der Waals surface area (Å²) in [4.78, 5) is 9.70. The molecule has 0 atom stereocenters. The van der Waals surface area contributed by atoms with Crippen molar-refractivity contribution >= 4 is 5.82 Å². The van der Waals surface area contributed by atoms with Gasteiger partial charge in [0.05, 0.1) is 0 Å². The average Bonchev–Trinajstić information content (AvgIpc) is 2.38. The molecule has 0 amide bonds. The Labute approximate surface area is 123 Å². The van der Waals surface area contributed by atoms with Crippen LogP contribution in [0.1, 0.15) is 32.0 Å². The molecule has 0 spiro atoms. The minimum Gasteiger partial charge on any atom is -0.354 e. The van der Waals surface area contributed by atoms with Crippen molar-refractivity contribution in [2.24, 2.45) is 0 Å². The molecule has 0 saturated carbocycles. The number of aromatic nitrogens is 1. The molecule has 4 nitrogen and oxygen atoms in total. The van der Waals surface area contributed by atoms with Crippen molar-refractivity contribution in [2.75, 3.05) is 45.2 Å². The molecule has 0 bridgehead atoms. The molecule has 0 aromatic carbocycles. The van der Waals surface area contributed by atoms with Crippen LogP contribution < -0.4 is 10.2 Å². The van der Waals surface area contributed by atoms with Crippen LogP contribution in [0, 0.1) is 0 Å². The normalized spacial score (nSPS) is 17.6. The zero-order valence-electron chi connectivity index (χ0n) is 13.5. The lowest BCUT2D eigenvalue weighted by Crippen LogP contribution is -2.45. The summed E-state index contributed by atoms with van der Waals surface area (Å²) in [6, 6.07) is 4.47. The number of hydrogen-bond acceptors (Lipinski definition) is 4. The molecule has 0 radical (unpaired) electrons. The number of likely N-dealkylation sites (N-methyl/N-ethyl adjacent to an activating group) is 1. The van der Waals surface area contributed by atoms with Gasteiger partial charge in [-0.25, -0.2) is 4.98 Å². The van der Waals surface area contributed by atoms with Crippen LogP contribution in [0.2, 0.25) is 0 Å². The van der Waals surface area contributed by atoms with Gasteiger partial charge in [-0.15, -0.1) is 0 Å². The molecule has 0 unspecified atom stereocenters. The predicted octanol–water partition coefficient (Wildman–Crippen LogP) is 1.85. The maximum absolute atomic E-state index is 4.92. The van der Waals surface area contributed by atoms with Crippen molar-refractivity contribution in [1.82, 2.24) is 15.2 Å². The number of rotatable bonds is 3. The molecule has 1 aliphatic heterocycles. The molecule has 4 heteroatoms. The second-order valence-electron chi connectivity index (χ2n) is 6.79. The van der Waals surface area contributed by atoms with Crippen molar-refractivity contribution in [3.63, 3.8) is 0 Å². The first kappa shape index (κ1) is 15.3. The maximum atomic E-state index is 4.92. The zero-order chi connectivity index (χ0) is 14.8.